The van der Waals surface area contributed by atoms with Gasteiger partial charge in [0.05, 0.1) is 0 Å². The zero-order valence-electron chi connectivity index (χ0n) is 10.6. The van der Waals surface area contributed by atoms with Crippen LogP contribution in [0.5, 0.6) is 0 Å². The van der Waals surface area contributed by atoms with Gasteiger partial charge in [0.25, 0.3) is 8.18 Å². The maximum Gasteiger partial charge on any atom is 0.257 e. The van der Waals surface area contributed by atoms with Gasteiger partial charge in [0.1, 0.15) is 0 Å². The molecule has 17 heavy (non-hydrogen) atoms. The molecular weight excluding hydrogens is 241 g/mol. The fraction of sp³-hybridized carbons (Fsp3) is 1.00. The fourth-order valence-electron chi connectivity index (χ4n) is 1.16. The SMILES string of the molecule is CO[PH](=O)NCCNCCNCCNCCN. The lowest BCUT2D eigenvalue weighted by Crippen LogP contribution is -2.35. The molecule has 0 aromatic carbocycles. The van der Waals surface area contributed by atoms with Gasteiger partial charge in [-0.3, -0.25) is 4.57 Å². The number of hydrogen-bond donors (Lipinski definition) is 5. The van der Waals surface area contributed by atoms with Crippen molar-refractivity contribution in [3.8, 4) is 0 Å². The highest BCUT2D eigenvalue weighted by molar-refractivity contribution is 7.36. The zero-order valence-corrected chi connectivity index (χ0v) is 11.6. The van der Waals surface area contributed by atoms with Crippen molar-refractivity contribution in [1.82, 2.24) is 21.0 Å². The summed E-state index contributed by atoms with van der Waals surface area (Å²) in [5, 5.41) is 12.5. The minimum Gasteiger partial charge on any atom is -0.329 e. The molecule has 0 aliphatic heterocycles. The van der Waals surface area contributed by atoms with Crippen molar-refractivity contribution >= 4 is 8.18 Å². The lowest BCUT2D eigenvalue weighted by Gasteiger charge is -2.07. The van der Waals surface area contributed by atoms with Crippen LogP contribution >= 0.6 is 8.18 Å². The van der Waals surface area contributed by atoms with Gasteiger partial charge in [-0.25, -0.2) is 5.09 Å². The first kappa shape index (κ1) is 17.0. The molecule has 0 amide bonds. The monoisotopic (exact) mass is 267 g/mol. The third kappa shape index (κ3) is 13.9. The van der Waals surface area contributed by atoms with Crippen LogP contribution in [0.4, 0.5) is 0 Å². The molecule has 0 rings (SSSR count). The van der Waals surface area contributed by atoms with Crippen molar-refractivity contribution in [1.29, 1.82) is 0 Å². The van der Waals surface area contributed by atoms with E-state index in [2.05, 4.69) is 25.6 Å². The Morgan fingerprint density at radius 2 is 1.41 bits per heavy atom. The number of hydrogen-bond acceptors (Lipinski definition) is 6. The lowest BCUT2D eigenvalue weighted by molar-refractivity contribution is 0.404. The molecule has 7 nitrogen and oxygen atoms in total. The van der Waals surface area contributed by atoms with E-state index in [-0.39, 0.29) is 0 Å². The normalized spacial score (nSPS) is 12.8. The first-order chi connectivity index (χ1) is 8.31. The van der Waals surface area contributed by atoms with Gasteiger partial charge < -0.3 is 26.2 Å². The number of nitrogens with one attached hydrogen (secondary N) is 4. The molecule has 0 saturated carbocycles. The van der Waals surface area contributed by atoms with Crippen molar-refractivity contribution in [2.75, 3.05) is 59.5 Å². The van der Waals surface area contributed by atoms with Crippen molar-refractivity contribution in [3.63, 3.8) is 0 Å². The van der Waals surface area contributed by atoms with E-state index in [1.165, 1.54) is 7.11 Å². The molecule has 0 aliphatic carbocycles. The minimum absolute atomic E-state index is 0.656. The van der Waals surface area contributed by atoms with E-state index in [9.17, 15) is 4.57 Å². The lowest BCUT2D eigenvalue weighted by atomic mass is 10.5. The topological polar surface area (TPSA) is 100 Å². The number of rotatable bonds is 13. The van der Waals surface area contributed by atoms with Gasteiger partial charge in [0.2, 0.25) is 0 Å². The van der Waals surface area contributed by atoms with Crippen molar-refractivity contribution in [2.24, 2.45) is 5.73 Å². The molecule has 1 atom stereocenters. The van der Waals surface area contributed by atoms with Gasteiger partial charge in [-0.15, -0.1) is 0 Å². The molecule has 0 aromatic heterocycles. The summed E-state index contributed by atoms with van der Waals surface area (Å²) in [6.45, 7) is 6.68. The third-order valence-electron chi connectivity index (χ3n) is 2.03. The van der Waals surface area contributed by atoms with Crippen molar-refractivity contribution in [2.45, 2.75) is 0 Å². The summed E-state index contributed by atoms with van der Waals surface area (Å²) in [5.74, 6) is 0. The van der Waals surface area contributed by atoms with E-state index in [1.807, 2.05) is 0 Å². The summed E-state index contributed by atoms with van der Waals surface area (Å²) in [5.41, 5.74) is 5.34. The van der Waals surface area contributed by atoms with Crippen LogP contribution in [0.1, 0.15) is 0 Å². The van der Waals surface area contributed by atoms with E-state index in [0.29, 0.717) is 13.1 Å². The van der Waals surface area contributed by atoms with E-state index in [4.69, 9.17) is 5.73 Å². The van der Waals surface area contributed by atoms with Gasteiger partial charge >= 0.3 is 0 Å². The summed E-state index contributed by atoms with van der Waals surface area (Å²) in [4.78, 5) is 0. The molecule has 0 spiro atoms. The second kappa shape index (κ2) is 14.1. The quantitative estimate of drug-likeness (QED) is 0.201. The predicted molar refractivity (Wildman–Crippen MR) is 71.7 cm³/mol. The highest BCUT2D eigenvalue weighted by Gasteiger charge is 1.93. The highest BCUT2D eigenvalue weighted by Crippen LogP contribution is 2.11. The van der Waals surface area contributed by atoms with Crippen LogP contribution in [0.25, 0.3) is 0 Å². The molecule has 104 valence electrons. The number of nitrogens with two attached hydrogens (primary N) is 1. The van der Waals surface area contributed by atoms with Crippen molar-refractivity contribution < 1.29 is 9.09 Å². The van der Waals surface area contributed by atoms with E-state index >= 15 is 0 Å². The Hall–Kier alpha value is -0.0100. The maximum absolute atomic E-state index is 10.9. The zero-order chi connectivity index (χ0) is 12.8. The molecule has 8 heteroatoms. The average molecular weight is 267 g/mol. The Labute approximate surface area is 104 Å². The Bertz CT molecular complexity index is 185. The molecule has 0 heterocycles. The first-order valence-electron chi connectivity index (χ1n) is 5.95. The van der Waals surface area contributed by atoms with Gasteiger partial charge in [-0.05, 0) is 0 Å². The molecule has 1 unspecified atom stereocenters. The fourth-order valence-corrected chi connectivity index (χ4v) is 1.63. The Balaban J connectivity index is 2.96. The van der Waals surface area contributed by atoms with Crippen LogP contribution in [-0.4, -0.2) is 59.5 Å². The van der Waals surface area contributed by atoms with E-state index in [1.54, 1.807) is 0 Å². The molecule has 0 aromatic rings. The van der Waals surface area contributed by atoms with Gasteiger partial charge in [0, 0.05) is 59.5 Å². The summed E-state index contributed by atoms with van der Waals surface area (Å²) in [6, 6.07) is 0. The average Bonchev–Trinajstić information content (AvgIpc) is 2.35. The Morgan fingerprint density at radius 3 is 1.88 bits per heavy atom. The first-order valence-corrected chi connectivity index (χ1v) is 7.27. The van der Waals surface area contributed by atoms with E-state index < -0.39 is 8.18 Å². The van der Waals surface area contributed by atoms with Gasteiger partial charge in [-0.1, -0.05) is 0 Å². The largest absolute Gasteiger partial charge is 0.329 e. The van der Waals surface area contributed by atoms with Crippen LogP contribution in [-0.2, 0) is 9.09 Å². The minimum atomic E-state index is -2.01. The highest BCUT2D eigenvalue weighted by atomic mass is 31.1. The van der Waals surface area contributed by atoms with Gasteiger partial charge in [0.15, 0.2) is 0 Å². The van der Waals surface area contributed by atoms with Crippen LogP contribution in [0, 0.1) is 0 Å². The second-order valence-corrected chi connectivity index (χ2v) is 4.79. The Kier molecular flexibility index (Phi) is 14.0. The molecular formula is C9H26N5O2P. The van der Waals surface area contributed by atoms with E-state index in [0.717, 1.165) is 39.3 Å². The summed E-state index contributed by atoms with van der Waals surface area (Å²) >= 11 is 0. The predicted octanol–water partition coefficient (Wildman–Crippen LogP) is -1.66. The molecule has 6 N–H and O–H groups in total. The molecule has 0 aliphatic rings. The third-order valence-corrected chi connectivity index (χ3v) is 2.94. The molecule has 0 radical (unpaired) electrons. The maximum atomic E-state index is 10.9. The molecule has 0 bridgehead atoms. The summed E-state index contributed by atoms with van der Waals surface area (Å²) < 4.78 is 15.5. The van der Waals surface area contributed by atoms with Crippen molar-refractivity contribution in [3.05, 3.63) is 0 Å². The molecule has 0 fully saturated rings. The molecule has 0 saturated heterocycles. The van der Waals surface area contributed by atoms with Crippen LogP contribution < -0.4 is 26.8 Å². The van der Waals surface area contributed by atoms with Gasteiger partial charge in [-0.2, -0.15) is 0 Å². The second-order valence-electron chi connectivity index (χ2n) is 3.46. The summed E-state index contributed by atoms with van der Waals surface area (Å²) in [7, 11) is -0.578. The summed E-state index contributed by atoms with van der Waals surface area (Å²) in [6.07, 6.45) is 0. The Morgan fingerprint density at radius 1 is 0.941 bits per heavy atom. The van der Waals surface area contributed by atoms with Crippen LogP contribution in [0.15, 0.2) is 0 Å². The van der Waals surface area contributed by atoms with Crippen LogP contribution in [0.2, 0.25) is 0 Å². The standard InChI is InChI=1S/C9H26N5O2P/c1-16-17(15)14-9-8-13-7-6-12-5-4-11-3-2-10/h11-13,17H,2-10H2,1H3,(H,14,15). The van der Waals surface area contributed by atoms with Crippen LogP contribution in [0.3, 0.4) is 0 Å². The smallest absolute Gasteiger partial charge is 0.257 e.